The zero-order chi connectivity index (χ0) is 21.0. The lowest BCUT2D eigenvalue weighted by Gasteiger charge is -2.16. The van der Waals surface area contributed by atoms with Crippen molar-refractivity contribution in [1.29, 1.82) is 0 Å². The average Bonchev–Trinajstić information content (AvgIpc) is 3.55. The second-order valence-corrected chi connectivity index (χ2v) is 7.96. The van der Waals surface area contributed by atoms with Gasteiger partial charge in [0.25, 0.3) is 5.91 Å². The molecule has 8 heteroatoms. The minimum atomic E-state index is -0.245. The van der Waals surface area contributed by atoms with Crippen molar-refractivity contribution in [2.24, 2.45) is 0 Å². The molecule has 0 bridgehead atoms. The van der Waals surface area contributed by atoms with Gasteiger partial charge >= 0.3 is 0 Å². The normalized spacial score (nSPS) is 16.0. The molecule has 1 amide bonds. The molecule has 0 unspecified atom stereocenters. The molecule has 0 saturated carbocycles. The number of rotatable bonds is 5. The lowest BCUT2D eigenvalue weighted by molar-refractivity contribution is 0.102. The van der Waals surface area contributed by atoms with Gasteiger partial charge in [-0.25, -0.2) is 9.97 Å². The predicted octanol–water partition coefficient (Wildman–Crippen LogP) is 3.39. The smallest absolute Gasteiger partial charge is 0.274 e. The highest BCUT2D eigenvalue weighted by atomic mass is 16.1. The lowest BCUT2D eigenvalue weighted by atomic mass is 10.1. The van der Waals surface area contributed by atoms with Gasteiger partial charge in [0.1, 0.15) is 17.8 Å². The first kappa shape index (κ1) is 19.4. The van der Waals surface area contributed by atoms with E-state index in [1.54, 1.807) is 6.07 Å². The Hall–Kier alpha value is -3.55. The SMILES string of the molecule is O=C(Nc1ccc(-c2ccc(N3CCCC3)nn2)cc1)c1cc(N2CCCC2)ncn1. The number of benzene rings is 1. The number of nitrogens with one attached hydrogen (secondary N) is 1. The summed E-state index contributed by atoms with van der Waals surface area (Å²) in [7, 11) is 0. The van der Waals surface area contributed by atoms with Crippen LogP contribution in [0.3, 0.4) is 0 Å². The molecule has 31 heavy (non-hydrogen) atoms. The molecule has 0 aliphatic carbocycles. The minimum Gasteiger partial charge on any atom is -0.357 e. The van der Waals surface area contributed by atoms with Crippen molar-refractivity contribution in [1.82, 2.24) is 20.2 Å². The van der Waals surface area contributed by atoms with E-state index in [-0.39, 0.29) is 5.91 Å². The van der Waals surface area contributed by atoms with Crippen molar-refractivity contribution < 1.29 is 4.79 Å². The number of anilines is 3. The van der Waals surface area contributed by atoms with Gasteiger partial charge in [0, 0.05) is 43.5 Å². The van der Waals surface area contributed by atoms with Crippen molar-refractivity contribution in [3.05, 3.63) is 54.5 Å². The molecule has 0 spiro atoms. The van der Waals surface area contributed by atoms with Crippen LogP contribution < -0.4 is 15.1 Å². The van der Waals surface area contributed by atoms with Crippen LogP contribution in [0.4, 0.5) is 17.3 Å². The van der Waals surface area contributed by atoms with E-state index in [4.69, 9.17) is 0 Å². The largest absolute Gasteiger partial charge is 0.357 e. The molecule has 4 heterocycles. The number of carbonyl (C=O) groups excluding carboxylic acids is 1. The number of hydrogen-bond acceptors (Lipinski definition) is 7. The maximum Gasteiger partial charge on any atom is 0.274 e. The zero-order valence-corrected chi connectivity index (χ0v) is 17.4. The van der Waals surface area contributed by atoms with Crippen LogP contribution in [0.5, 0.6) is 0 Å². The molecular weight excluding hydrogens is 390 g/mol. The van der Waals surface area contributed by atoms with Gasteiger partial charge in [-0.15, -0.1) is 10.2 Å². The molecule has 8 nitrogen and oxygen atoms in total. The molecular formula is C23H25N7O. The highest BCUT2D eigenvalue weighted by molar-refractivity contribution is 6.03. The first-order valence-electron chi connectivity index (χ1n) is 10.8. The maximum atomic E-state index is 12.7. The predicted molar refractivity (Wildman–Crippen MR) is 120 cm³/mol. The molecule has 158 valence electrons. The second kappa shape index (κ2) is 8.67. The van der Waals surface area contributed by atoms with E-state index in [0.29, 0.717) is 11.4 Å². The Balaban J connectivity index is 1.25. The van der Waals surface area contributed by atoms with Crippen LogP contribution >= 0.6 is 0 Å². The van der Waals surface area contributed by atoms with E-state index in [1.165, 1.54) is 19.2 Å². The molecule has 2 aliphatic heterocycles. The quantitative estimate of drug-likeness (QED) is 0.683. The van der Waals surface area contributed by atoms with Crippen LogP contribution in [0, 0.1) is 0 Å². The van der Waals surface area contributed by atoms with E-state index >= 15 is 0 Å². The summed E-state index contributed by atoms with van der Waals surface area (Å²) in [5, 5.41) is 11.7. The van der Waals surface area contributed by atoms with E-state index in [2.05, 4.69) is 35.3 Å². The van der Waals surface area contributed by atoms with Crippen LogP contribution in [-0.4, -0.2) is 52.3 Å². The average molecular weight is 416 g/mol. The molecule has 0 atom stereocenters. The van der Waals surface area contributed by atoms with E-state index in [1.807, 2.05) is 36.4 Å². The third kappa shape index (κ3) is 4.33. The molecule has 2 aliphatic rings. The van der Waals surface area contributed by atoms with Crippen LogP contribution in [0.1, 0.15) is 36.2 Å². The van der Waals surface area contributed by atoms with Gasteiger partial charge in [-0.2, -0.15) is 0 Å². The third-order valence-corrected chi connectivity index (χ3v) is 5.83. The summed E-state index contributed by atoms with van der Waals surface area (Å²) in [6.45, 7) is 4.05. The van der Waals surface area contributed by atoms with Crippen molar-refractivity contribution in [3.63, 3.8) is 0 Å². The third-order valence-electron chi connectivity index (χ3n) is 5.83. The van der Waals surface area contributed by atoms with Crippen LogP contribution in [0.25, 0.3) is 11.3 Å². The molecule has 1 aromatic carbocycles. The Labute approximate surface area is 181 Å². The van der Waals surface area contributed by atoms with Crippen molar-refractivity contribution in [2.45, 2.75) is 25.7 Å². The van der Waals surface area contributed by atoms with Gasteiger partial charge < -0.3 is 15.1 Å². The number of carbonyl (C=O) groups is 1. The topological polar surface area (TPSA) is 87.1 Å². The van der Waals surface area contributed by atoms with Crippen LogP contribution in [0.2, 0.25) is 0 Å². The minimum absolute atomic E-state index is 0.245. The molecule has 1 N–H and O–H groups in total. The Morgan fingerprint density at radius 1 is 0.774 bits per heavy atom. The number of hydrogen-bond donors (Lipinski definition) is 1. The van der Waals surface area contributed by atoms with Crippen LogP contribution in [0.15, 0.2) is 48.8 Å². The van der Waals surface area contributed by atoms with Crippen molar-refractivity contribution >= 4 is 23.2 Å². The molecule has 3 aromatic rings. The highest BCUT2D eigenvalue weighted by Gasteiger charge is 2.17. The van der Waals surface area contributed by atoms with E-state index < -0.39 is 0 Å². The van der Waals surface area contributed by atoms with Crippen molar-refractivity contribution in [2.75, 3.05) is 41.3 Å². The summed E-state index contributed by atoms with van der Waals surface area (Å²) in [6, 6.07) is 13.4. The van der Waals surface area contributed by atoms with Gasteiger partial charge in [0.2, 0.25) is 0 Å². The van der Waals surface area contributed by atoms with E-state index in [9.17, 15) is 4.79 Å². The van der Waals surface area contributed by atoms with Crippen LogP contribution in [-0.2, 0) is 0 Å². The fraction of sp³-hybridized carbons (Fsp3) is 0.348. The molecule has 2 saturated heterocycles. The molecule has 5 rings (SSSR count). The summed E-state index contributed by atoms with van der Waals surface area (Å²) in [6.07, 6.45) is 6.19. The number of nitrogens with zero attached hydrogens (tertiary/aromatic N) is 6. The fourth-order valence-corrected chi connectivity index (χ4v) is 4.10. The summed E-state index contributed by atoms with van der Waals surface area (Å²) < 4.78 is 0. The van der Waals surface area contributed by atoms with E-state index in [0.717, 1.165) is 61.9 Å². The summed E-state index contributed by atoms with van der Waals surface area (Å²) in [5.41, 5.74) is 2.84. The zero-order valence-electron chi connectivity index (χ0n) is 17.4. The van der Waals surface area contributed by atoms with Crippen molar-refractivity contribution in [3.8, 4) is 11.3 Å². The summed E-state index contributed by atoms with van der Waals surface area (Å²) in [5.74, 6) is 1.50. The Morgan fingerprint density at radius 2 is 1.45 bits per heavy atom. The molecule has 2 fully saturated rings. The highest BCUT2D eigenvalue weighted by Crippen LogP contribution is 2.23. The Morgan fingerprint density at radius 3 is 2.10 bits per heavy atom. The van der Waals surface area contributed by atoms with Gasteiger partial charge in [0.15, 0.2) is 5.82 Å². The van der Waals surface area contributed by atoms with Gasteiger partial charge in [-0.05, 0) is 49.9 Å². The Kier molecular flexibility index (Phi) is 5.43. The first-order valence-corrected chi connectivity index (χ1v) is 10.8. The standard InChI is InChI=1S/C23H25N7O/c31-23(20-15-22(25-16-24-20)30-13-3-4-14-30)26-18-7-5-17(6-8-18)19-9-10-21(28-27-19)29-11-1-2-12-29/h5-10,15-16H,1-4,11-14H2,(H,26,31). The monoisotopic (exact) mass is 415 g/mol. The van der Waals surface area contributed by atoms with Gasteiger partial charge in [-0.1, -0.05) is 12.1 Å². The Bertz CT molecular complexity index is 1040. The second-order valence-electron chi connectivity index (χ2n) is 7.96. The fourth-order valence-electron chi connectivity index (χ4n) is 4.10. The molecule has 2 aromatic heterocycles. The van der Waals surface area contributed by atoms with Gasteiger partial charge in [-0.3, -0.25) is 4.79 Å². The molecule has 0 radical (unpaired) electrons. The maximum absolute atomic E-state index is 12.7. The lowest BCUT2D eigenvalue weighted by Crippen LogP contribution is -2.21. The van der Waals surface area contributed by atoms with Gasteiger partial charge in [0.05, 0.1) is 5.69 Å². The number of amides is 1. The first-order chi connectivity index (χ1) is 15.3. The number of aromatic nitrogens is 4. The summed E-state index contributed by atoms with van der Waals surface area (Å²) in [4.78, 5) is 25.5. The summed E-state index contributed by atoms with van der Waals surface area (Å²) >= 11 is 0.